The van der Waals surface area contributed by atoms with Crippen LogP contribution in [-0.4, -0.2) is 24.9 Å². The molecule has 2 aromatic rings. The summed E-state index contributed by atoms with van der Waals surface area (Å²) >= 11 is 0. The summed E-state index contributed by atoms with van der Waals surface area (Å²) in [6.07, 6.45) is 20.3. The number of aliphatic hydroxyl groups excluding tert-OH is 1. The molecule has 234 valence electrons. The van der Waals surface area contributed by atoms with E-state index in [0.717, 1.165) is 49.4 Å². The van der Waals surface area contributed by atoms with Gasteiger partial charge in [-0.2, -0.15) is 4.57 Å². The van der Waals surface area contributed by atoms with Gasteiger partial charge in [-0.25, -0.2) is 0 Å². The third kappa shape index (κ3) is 7.04. The second-order valence-corrected chi connectivity index (χ2v) is 19.4. The number of benzene rings is 1. The van der Waals surface area contributed by atoms with E-state index in [1.165, 1.54) is 48.9 Å². The molecule has 4 unspecified atom stereocenters. The molecule has 4 nitrogen and oxygen atoms in total. The van der Waals surface area contributed by atoms with Crippen molar-refractivity contribution in [1.82, 2.24) is 5.32 Å². The van der Waals surface area contributed by atoms with Crippen LogP contribution in [0.1, 0.15) is 87.8 Å². The van der Waals surface area contributed by atoms with E-state index >= 15 is 0 Å². The van der Waals surface area contributed by atoms with Gasteiger partial charge in [-0.15, -0.1) is 0 Å². The minimum absolute atomic E-state index is 0.0265. The molecule has 4 atom stereocenters. The number of aliphatic hydroxyl groups is 1. The molecule has 1 fully saturated rings. The molecule has 1 aromatic heterocycles. The maximum Gasteiger partial charge on any atom is 0.213 e. The molecule has 2 aliphatic heterocycles. The minimum atomic E-state index is -1.65. The summed E-state index contributed by atoms with van der Waals surface area (Å²) in [5.74, 6) is 1.31. The lowest BCUT2D eigenvalue weighted by molar-refractivity contribution is -0.708. The first kappa shape index (κ1) is 32.2. The summed E-state index contributed by atoms with van der Waals surface area (Å²) in [4.78, 5) is 5.22. The summed E-state index contributed by atoms with van der Waals surface area (Å²) in [7, 11) is -1.65. The van der Waals surface area contributed by atoms with Crippen molar-refractivity contribution in [2.45, 2.75) is 109 Å². The van der Waals surface area contributed by atoms with Gasteiger partial charge in [0.05, 0.1) is 14.0 Å². The second kappa shape index (κ2) is 13.8. The lowest BCUT2D eigenvalue weighted by Crippen LogP contribution is -2.54. The lowest BCUT2D eigenvalue weighted by Gasteiger charge is -2.33. The molecule has 1 aliphatic carbocycles. The average Bonchev–Trinajstić information content (AvgIpc) is 3.49. The standard InChI is InChI=1S/C39H53N3OSi/c1-8-10-17-30-20-22-35-33-18-13-14-19-34(33)37-25-31(24-29-15-11-12-16-29)38(44(5,6)7)26-42(37)39(35)27(3)40-32(9-2)21-23-36(30)41-28(4)43/h9-10,13-14,17-19,25-26,29-30,35-36,39,41H,2-4,8,11-12,15-16,20-24H2,1,5-7H3/p+1. The first-order valence-corrected chi connectivity index (χ1v) is 20.5. The molecule has 5 rings (SSSR count). The van der Waals surface area contributed by atoms with Crippen LogP contribution < -0.4 is 15.1 Å². The van der Waals surface area contributed by atoms with Gasteiger partial charge >= 0.3 is 0 Å². The fraction of sp³-hybridized carbons (Fsp3) is 0.487. The van der Waals surface area contributed by atoms with Gasteiger partial charge in [-0.05, 0) is 80.2 Å². The Kier molecular flexibility index (Phi) is 10.1. The molecule has 0 saturated heterocycles. The normalized spacial score (nSPS) is 24.5. The zero-order valence-corrected chi connectivity index (χ0v) is 28.6. The van der Waals surface area contributed by atoms with Gasteiger partial charge in [-0.3, -0.25) is 4.99 Å². The number of allylic oxidation sites excluding steroid dienone is 3. The SMILES string of the molecule is C=CC1=NC(=C)C2C(CCC(C=CCC)C(NC(=C)O)CC1)c1ccccc1-c1cc(CC3CCCC3)c([Si](C)(C)C)c[n+]12. The van der Waals surface area contributed by atoms with Gasteiger partial charge in [0.1, 0.15) is 5.70 Å². The predicted molar refractivity (Wildman–Crippen MR) is 189 cm³/mol. The Labute approximate surface area is 267 Å². The van der Waals surface area contributed by atoms with Crippen LogP contribution in [0, 0.1) is 11.8 Å². The van der Waals surface area contributed by atoms with Gasteiger partial charge in [0.2, 0.25) is 11.7 Å². The number of aliphatic imine (C=N–C) groups is 1. The Morgan fingerprint density at radius 3 is 2.55 bits per heavy atom. The third-order valence-electron chi connectivity index (χ3n) is 10.2. The number of aromatic nitrogens is 1. The summed E-state index contributed by atoms with van der Waals surface area (Å²) in [5.41, 5.74) is 7.48. The van der Waals surface area contributed by atoms with Crippen molar-refractivity contribution in [1.29, 1.82) is 0 Å². The summed E-state index contributed by atoms with van der Waals surface area (Å²) in [5, 5.41) is 15.1. The molecule has 5 heteroatoms. The van der Waals surface area contributed by atoms with Crippen molar-refractivity contribution in [2.24, 2.45) is 16.8 Å². The molecule has 3 heterocycles. The van der Waals surface area contributed by atoms with Crippen molar-refractivity contribution < 1.29 is 9.67 Å². The van der Waals surface area contributed by atoms with Gasteiger partial charge in [0.15, 0.2) is 12.1 Å². The Bertz CT molecular complexity index is 1440. The molecule has 2 N–H and O–H groups in total. The third-order valence-corrected chi connectivity index (χ3v) is 12.3. The second-order valence-electron chi connectivity index (χ2n) is 14.4. The molecular weight excluding hydrogens is 555 g/mol. The van der Waals surface area contributed by atoms with Crippen LogP contribution in [0.15, 0.2) is 91.1 Å². The maximum absolute atomic E-state index is 10.2. The number of nitrogens with one attached hydrogen (secondary N) is 1. The average molecular weight is 609 g/mol. The molecule has 1 aromatic carbocycles. The predicted octanol–water partition coefficient (Wildman–Crippen LogP) is 8.84. The maximum atomic E-state index is 10.2. The zero-order valence-electron chi connectivity index (χ0n) is 27.6. The molecule has 3 aliphatic rings. The zero-order chi connectivity index (χ0) is 31.4. The van der Waals surface area contributed by atoms with Crippen LogP contribution in [0.3, 0.4) is 0 Å². The highest BCUT2D eigenvalue weighted by atomic mass is 28.3. The highest BCUT2D eigenvalue weighted by molar-refractivity contribution is 6.89. The summed E-state index contributed by atoms with van der Waals surface area (Å²) < 4.78 is 2.56. The van der Waals surface area contributed by atoms with Gasteiger partial charge in [0, 0.05) is 28.6 Å². The number of fused-ring (bicyclic) bond motifs is 6. The molecular formula is C39H54N3OSi+. The van der Waals surface area contributed by atoms with Crippen molar-refractivity contribution in [3.8, 4) is 11.3 Å². The van der Waals surface area contributed by atoms with Gasteiger partial charge in [-0.1, -0.05) is 95.8 Å². The highest BCUT2D eigenvalue weighted by Crippen LogP contribution is 2.45. The topological polar surface area (TPSA) is 48.5 Å². The van der Waals surface area contributed by atoms with E-state index in [2.05, 4.69) is 105 Å². The van der Waals surface area contributed by atoms with Crippen molar-refractivity contribution in [3.63, 3.8) is 0 Å². The molecule has 1 saturated carbocycles. The van der Waals surface area contributed by atoms with E-state index in [1.807, 2.05) is 6.08 Å². The molecule has 0 spiro atoms. The Hall–Kier alpha value is -3.18. The minimum Gasteiger partial charge on any atom is -0.495 e. The van der Waals surface area contributed by atoms with E-state index in [1.54, 1.807) is 10.8 Å². The van der Waals surface area contributed by atoms with E-state index < -0.39 is 8.07 Å². The lowest BCUT2D eigenvalue weighted by atomic mass is 9.77. The van der Waals surface area contributed by atoms with E-state index in [-0.39, 0.29) is 29.8 Å². The van der Waals surface area contributed by atoms with Crippen molar-refractivity contribution >= 4 is 19.0 Å². The quantitative estimate of drug-likeness (QED) is 0.136. The molecule has 0 radical (unpaired) electrons. The van der Waals surface area contributed by atoms with E-state index in [4.69, 9.17) is 4.99 Å². The molecule has 0 amide bonds. The van der Waals surface area contributed by atoms with Crippen molar-refractivity contribution in [2.75, 3.05) is 0 Å². The van der Waals surface area contributed by atoms with Crippen LogP contribution in [0.25, 0.3) is 11.3 Å². The van der Waals surface area contributed by atoms with E-state index in [9.17, 15) is 5.11 Å². The van der Waals surface area contributed by atoms with Crippen molar-refractivity contribution in [3.05, 3.63) is 97.2 Å². The summed E-state index contributed by atoms with van der Waals surface area (Å²) in [6, 6.07) is 11.7. The number of hydrogen-bond acceptors (Lipinski definition) is 3. The smallest absolute Gasteiger partial charge is 0.213 e. The van der Waals surface area contributed by atoms with E-state index in [0.29, 0.717) is 0 Å². The number of nitrogens with zero attached hydrogens (tertiary/aromatic N) is 2. The molecule has 44 heavy (non-hydrogen) atoms. The first-order chi connectivity index (χ1) is 21.1. The largest absolute Gasteiger partial charge is 0.495 e. The van der Waals surface area contributed by atoms with Crippen LogP contribution in [-0.2, 0) is 6.42 Å². The highest BCUT2D eigenvalue weighted by Gasteiger charge is 2.44. The summed E-state index contributed by atoms with van der Waals surface area (Å²) in [6.45, 7) is 22.3. The Balaban J connectivity index is 1.68. The van der Waals surface area contributed by atoms with Crippen LogP contribution in [0.5, 0.6) is 0 Å². The number of hydrogen-bond donors (Lipinski definition) is 2. The van der Waals surface area contributed by atoms with Gasteiger partial charge < -0.3 is 10.4 Å². The fourth-order valence-corrected chi connectivity index (χ4v) is 9.69. The number of pyridine rings is 1. The Morgan fingerprint density at radius 1 is 1.11 bits per heavy atom. The number of rotatable bonds is 8. The molecule has 0 bridgehead atoms. The monoisotopic (exact) mass is 608 g/mol. The van der Waals surface area contributed by atoms with Crippen LogP contribution >= 0.6 is 0 Å². The van der Waals surface area contributed by atoms with Crippen LogP contribution in [0.2, 0.25) is 19.6 Å². The fourth-order valence-electron chi connectivity index (χ4n) is 8.03. The van der Waals surface area contributed by atoms with Gasteiger partial charge in [0.25, 0.3) is 0 Å². The Morgan fingerprint density at radius 2 is 1.86 bits per heavy atom. The first-order valence-electron chi connectivity index (χ1n) is 17.0. The van der Waals surface area contributed by atoms with Crippen LogP contribution in [0.4, 0.5) is 0 Å².